The molecule has 1 fully saturated rings. The Morgan fingerprint density at radius 3 is 2.16 bits per heavy atom. The van der Waals surface area contributed by atoms with E-state index >= 15 is 0 Å². The van der Waals surface area contributed by atoms with Crippen molar-refractivity contribution in [2.75, 3.05) is 25.0 Å². The number of nitrogens with one attached hydrogen (secondary N) is 2. The maximum Gasteiger partial charge on any atom is 0.416 e. The van der Waals surface area contributed by atoms with Crippen LogP contribution in [0.15, 0.2) is 29.6 Å². The fourth-order valence-corrected chi connectivity index (χ4v) is 3.66. The number of amides is 1. The van der Waals surface area contributed by atoms with E-state index in [9.17, 15) is 41.2 Å². The molecule has 0 unspecified atom stereocenters. The second-order valence-corrected chi connectivity index (χ2v) is 9.76. The predicted octanol–water partition coefficient (Wildman–Crippen LogP) is 5.60. The van der Waals surface area contributed by atoms with Crippen molar-refractivity contribution in [2.24, 2.45) is 0 Å². The average Bonchev–Trinajstić information content (AvgIpc) is 2.98. The van der Waals surface area contributed by atoms with E-state index in [1.165, 1.54) is 20.8 Å². The molecule has 38 heavy (non-hydrogen) atoms. The smallest absolute Gasteiger partial charge is 0.416 e. The summed E-state index contributed by atoms with van der Waals surface area (Å²) in [6.45, 7) is 5.55. The number of carbonyl (C=O) groups excluding carboxylic acids is 2. The van der Waals surface area contributed by atoms with Gasteiger partial charge >= 0.3 is 18.3 Å². The molecule has 0 atom stereocenters. The number of anilines is 1. The molecule has 0 aliphatic carbocycles. The number of halogens is 6. The van der Waals surface area contributed by atoms with Crippen LogP contribution in [-0.2, 0) is 26.7 Å². The molecule has 13 heteroatoms. The molecule has 2 rings (SSSR count). The van der Waals surface area contributed by atoms with Gasteiger partial charge in [0, 0.05) is 31.7 Å². The molecule has 2 N–H and O–H groups in total. The molecule has 0 aromatic heterocycles. The number of nitriles is 1. The van der Waals surface area contributed by atoms with Crippen LogP contribution in [0.5, 0.6) is 0 Å². The third-order valence-electron chi connectivity index (χ3n) is 5.40. The van der Waals surface area contributed by atoms with Crippen molar-refractivity contribution in [1.82, 2.24) is 10.2 Å². The summed E-state index contributed by atoms with van der Waals surface area (Å²) in [6, 6.07) is 2.47. The first kappa shape index (κ1) is 30.8. The van der Waals surface area contributed by atoms with Crippen molar-refractivity contribution in [1.29, 1.82) is 5.26 Å². The SMILES string of the molecule is CC(C)(C)OC(=O)C(C#N)=C(NCCCN1CCCCCC1=O)Nc1cc(C(F)(F)F)cc(C(F)(F)F)c1. The first-order valence-corrected chi connectivity index (χ1v) is 12.0. The number of alkyl halides is 6. The summed E-state index contributed by atoms with van der Waals surface area (Å²) in [7, 11) is 0. The number of benzene rings is 1. The number of nitrogens with zero attached hydrogens (tertiary/aromatic N) is 2. The third kappa shape index (κ3) is 9.46. The van der Waals surface area contributed by atoms with Gasteiger partial charge in [-0.05, 0) is 58.2 Å². The largest absolute Gasteiger partial charge is 0.456 e. The van der Waals surface area contributed by atoms with Crippen molar-refractivity contribution in [2.45, 2.75) is 70.8 Å². The Bertz CT molecular complexity index is 1050. The summed E-state index contributed by atoms with van der Waals surface area (Å²) >= 11 is 0. The lowest BCUT2D eigenvalue weighted by Crippen LogP contribution is -2.34. The minimum absolute atomic E-state index is 0.00787. The van der Waals surface area contributed by atoms with Crippen molar-refractivity contribution in [3.8, 4) is 6.07 Å². The molecule has 1 aromatic rings. The molecule has 1 heterocycles. The van der Waals surface area contributed by atoms with E-state index in [4.69, 9.17) is 4.74 Å². The number of carbonyl (C=O) groups is 2. The van der Waals surface area contributed by atoms with Crippen LogP contribution in [0.25, 0.3) is 0 Å². The zero-order valence-corrected chi connectivity index (χ0v) is 21.3. The van der Waals surface area contributed by atoms with Gasteiger partial charge < -0.3 is 20.3 Å². The van der Waals surface area contributed by atoms with Crippen molar-refractivity contribution in [3.63, 3.8) is 0 Å². The number of esters is 1. The molecule has 0 saturated carbocycles. The molecule has 1 amide bonds. The number of likely N-dealkylation sites (tertiary alicyclic amines) is 1. The van der Waals surface area contributed by atoms with E-state index in [0.717, 1.165) is 19.3 Å². The van der Waals surface area contributed by atoms with Crippen LogP contribution in [0, 0.1) is 11.3 Å². The van der Waals surface area contributed by atoms with Crippen LogP contribution in [-0.4, -0.2) is 42.0 Å². The Labute approximate surface area is 216 Å². The third-order valence-corrected chi connectivity index (χ3v) is 5.40. The summed E-state index contributed by atoms with van der Waals surface area (Å²) in [5, 5.41) is 14.7. The molecule has 7 nitrogen and oxygen atoms in total. The average molecular weight is 549 g/mol. The van der Waals surface area contributed by atoms with Gasteiger partial charge in [0.15, 0.2) is 5.57 Å². The summed E-state index contributed by atoms with van der Waals surface area (Å²) in [6.07, 6.45) is -6.84. The number of hydrogen-bond acceptors (Lipinski definition) is 6. The number of ether oxygens (including phenoxy) is 1. The van der Waals surface area contributed by atoms with Gasteiger partial charge in [-0.3, -0.25) is 4.79 Å². The van der Waals surface area contributed by atoms with Crippen LogP contribution in [0.1, 0.15) is 64.0 Å². The van der Waals surface area contributed by atoms with E-state index in [2.05, 4.69) is 10.6 Å². The minimum atomic E-state index is -5.09. The summed E-state index contributed by atoms with van der Waals surface area (Å²) in [5.41, 5.74) is -5.48. The fourth-order valence-electron chi connectivity index (χ4n) is 3.66. The monoisotopic (exact) mass is 548 g/mol. The van der Waals surface area contributed by atoms with Crippen molar-refractivity contribution in [3.05, 3.63) is 40.7 Å². The normalized spacial score (nSPS) is 15.8. The van der Waals surface area contributed by atoms with Gasteiger partial charge in [-0.1, -0.05) is 6.42 Å². The Hall–Kier alpha value is -3.43. The van der Waals surface area contributed by atoms with Crippen molar-refractivity contribution < 1.29 is 40.7 Å². The Kier molecular flexibility index (Phi) is 10.1. The molecule has 1 aromatic carbocycles. The number of rotatable bonds is 8. The van der Waals surface area contributed by atoms with E-state index in [-0.39, 0.29) is 18.5 Å². The van der Waals surface area contributed by atoms with Crippen LogP contribution in [0.4, 0.5) is 32.0 Å². The lowest BCUT2D eigenvalue weighted by molar-refractivity contribution is -0.149. The standard InChI is InChI=1S/C25H30F6N4O3/c1-23(2,3)38-22(37)19(15-32)21(33-9-7-11-35-10-6-4-5-8-20(35)36)34-18-13-16(24(26,27)28)12-17(14-18)25(29,30)31/h12-14,33-34H,4-11H2,1-3H3. The first-order chi connectivity index (χ1) is 17.5. The zero-order chi connectivity index (χ0) is 28.7. The zero-order valence-electron chi connectivity index (χ0n) is 21.3. The Balaban J connectivity index is 2.38. The van der Waals surface area contributed by atoms with E-state index < -0.39 is 52.1 Å². The van der Waals surface area contributed by atoms with Crippen LogP contribution in [0.2, 0.25) is 0 Å². The summed E-state index contributed by atoms with van der Waals surface area (Å²) < 4.78 is 85.1. The molecule has 210 valence electrons. The van der Waals surface area contributed by atoms with Gasteiger partial charge in [-0.15, -0.1) is 0 Å². The van der Waals surface area contributed by atoms with E-state index in [1.807, 2.05) is 0 Å². The molecule has 1 saturated heterocycles. The number of hydrogen-bond donors (Lipinski definition) is 2. The second-order valence-electron chi connectivity index (χ2n) is 9.76. The summed E-state index contributed by atoms with van der Waals surface area (Å²) in [4.78, 5) is 26.5. The Morgan fingerprint density at radius 1 is 1.03 bits per heavy atom. The van der Waals surface area contributed by atoms with Gasteiger partial charge in [-0.2, -0.15) is 31.6 Å². The van der Waals surface area contributed by atoms with Crippen LogP contribution in [0.3, 0.4) is 0 Å². The van der Waals surface area contributed by atoms with E-state index in [0.29, 0.717) is 38.1 Å². The highest BCUT2D eigenvalue weighted by Crippen LogP contribution is 2.37. The van der Waals surface area contributed by atoms with Gasteiger partial charge in [0.25, 0.3) is 0 Å². The first-order valence-electron chi connectivity index (χ1n) is 12.0. The Morgan fingerprint density at radius 2 is 1.63 bits per heavy atom. The molecule has 0 spiro atoms. The quantitative estimate of drug-likeness (QED) is 0.145. The van der Waals surface area contributed by atoms with Crippen molar-refractivity contribution >= 4 is 17.6 Å². The maximum absolute atomic E-state index is 13.3. The molecule has 1 aliphatic heterocycles. The predicted molar refractivity (Wildman–Crippen MR) is 126 cm³/mol. The van der Waals surface area contributed by atoms with Gasteiger partial charge in [0.2, 0.25) is 5.91 Å². The van der Waals surface area contributed by atoms with Crippen LogP contribution < -0.4 is 10.6 Å². The highest BCUT2D eigenvalue weighted by atomic mass is 19.4. The van der Waals surface area contributed by atoms with Gasteiger partial charge in [0.05, 0.1) is 11.1 Å². The second kappa shape index (κ2) is 12.4. The highest BCUT2D eigenvalue weighted by Gasteiger charge is 2.37. The molecule has 0 radical (unpaired) electrons. The molecular formula is C25H30F6N4O3. The highest BCUT2D eigenvalue weighted by molar-refractivity contribution is 5.94. The maximum atomic E-state index is 13.3. The van der Waals surface area contributed by atoms with Gasteiger partial charge in [0.1, 0.15) is 17.5 Å². The lowest BCUT2D eigenvalue weighted by atomic mass is 10.1. The summed E-state index contributed by atoms with van der Waals surface area (Å²) in [5.74, 6) is -1.55. The lowest BCUT2D eigenvalue weighted by Gasteiger charge is -2.23. The van der Waals surface area contributed by atoms with E-state index in [1.54, 1.807) is 11.0 Å². The molecular weight excluding hydrogens is 518 g/mol. The molecule has 1 aliphatic rings. The minimum Gasteiger partial charge on any atom is -0.456 e. The topological polar surface area (TPSA) is 94.5 Å². The fraction of sp³-hybridized carbons (Fsp3) is 0.560. The van der Waals surface area contributed by atoms with Crippen LogP contribution >= 0.6 is 0 Å². The van der Waals surface area contributed by atoms with Gasteiger partial charge in [-0.25, -0.2) is 4.79 Å². The molecule has 0 bridgehead atoms.